The third-order valence-corrected chi connectivity index (χ3v) is 5.95. The van der Waals surface area contributed by atoms with Crippen LogP contribution in [0.25, 0.3) is 6.08 Å². The van der Waals surface area contributed by atoms with Crippen molar-refractivity contribution < 1.29 is 22.4 Å². The number of rotatable bonds is 6. The molecular weight excluding hydrogens is 380 g/mol. The summed E-state index contributed by atoms with van der Waals surface area (Å²) in [6, 6.07) is 9.74. The third kappa shape index (κ3) is 4.89. The first-order valence-corrected chi connectivity index (χ1v) is 10.5. The standard InChI is InChI=1S/C20H24N2O5S/c1-20(2)15-26-13-11-22(20)19(23)10-7-16-5-8-18(9-6-16)28(24,25)21-14-17-4-3-12-27-17/h3-10,12,21H,11,13-15H2,1-2H3/b10-7+. The minimum absolute atomic E-state index is 0.0842. The van der Waals surface area contributed by atoms with Crippen LogP contribution >= 0.6 is 0 Å². The van der Waals surface area contributed by atoms with Gasteiger partial charge in [-0.2, -0.15) is 0 Å². The quantitative estimate of drug-likeness (QED) is 0.747. The highest BCUT2D eigenvalue weighted by Crippen LogP contribution is 2.20. The van der Waals surface area contributed by atoms with Gasteiger partial charge in [-0.3, -0.25) is 4.79 Å². The van der Waals surface area contributed by atoms with Crippen LogP contribution in [0.2, 0.25) is 0 Å². The van der Waals surface area contributed by atoms with Crippen molar-refractivity contribution in [3.63, 3.8) is 0 Å². The third-order valence-electron chi connectivity index (χ3n) is 4.54. The topological polar surface area (TPSA) is 88.8 Å². The van der Waals surface area contributed by atoms with Crippen molar-refractivity contribution in [2.24, 2.45) is 0 Å². The molecule has 1 aliphatic rings. The molecule has 8 heteroatoms. The fraction of sp³-hybridized carbons (Fsp3) is 0.350. The summed E-state index contributed by atoms with van der Waals surface area (Å²) < 4.78 is 37.7. The van der Waals surface area contributed by atoms with Crippen molar-refractivity contribution in [3.05, 3.63) is 60.1 Å². The second-order valence-corrected chi connectivity index (χ2v) is 8.93. The molecule has 150 valence electrons. The zero-order valence-electron chi connectivity index (χ0n) is 15.9. The van der Waals surface area contributed by atoms with Gasteiger partial charge in [-0.25, -0.2) is 13.1 Å². The molecule has 1 aromatic heterocycles. The van der Waals surface area contributed by atoms with Crippen LogP contribution in [0.15, 0.2) is 58.1 Å². The van der Waals surface area contributed by atoms with Gasteiger partial charge in [0.2, 0.25) is 15.9 Å². The minimum Gasteiger partial charge on any atom is -0.468 e. The molecule has 0 atom stereocenters. The first-order valence-electron chi connectivity index (χ1n) is 8.97. The molecular formula is C20H24N2O5S. The highest BCUT2D eigenvalue weighted by atomic mass is 32.2. The highest BCUT2D eigenvalue weighted by molar-refractivity contribution is 7.89. The molecule has 3 rings (SSSR count). The minimum atomic E-state index is -3.64. The van der Waals surface area contributed by atoms with Crippen molar-refractivity contribution in [3.8, 4) is 0 Å². The molecule has 28 heavy (non-hydrogen) atoms. The number of furan rings is 1. The Bertz CT molecular complexity index is 931. The van der Waals surface area contributed by atoms with E-state index >= 15 is 0 Å². The van der Waals surface area contributed by atoms with Crippen LogP contribution in [0.4, 0.5) is 0 Å². The van der Waals surface area contributed by atoms with E-state index in [9.17, 15) is 13.2 Å². The summed E-state index contributed by atoms with van der Waals surface area (Å²) in [7, 11) is -3.64. The molecule has 1 amide bonds. The summed E-state index contributed by atoms with van der Waals surface area (Å²) in [6.07, 6.45) is 4.68. The number of nitrogens with zero attached hydrogens (tertiary/aromatic N) is 1. The van der Waals surface area contributed by atoms with Gasteiger partial charge >= 0.3 is 0 Å². The maximum absolute atomic E-state index is 12.5. The van der Waals surface area contributed by atoms with Crippen LogP contribution in [-0.4, -0.2) is 44.5 Å². The van der Waals surface area contributed by atoms with Gasteiger partial charge in [-0.05, 0) is 49.8 Å². The number of carbonyl (C=O) groups is 1. The summed E-state index contributed by atoms with van der Waals surface area (Å²) in [5.41, 5.74) is 0.390. The Hall–Kier alpha value is -2.42. The Morgan fingerprint density at radius 2 is 2.00 bits per heavy atom. The molecule has 0 bridgehead atoms. The van der Waals surface area contributed by atoms with Crippen LogP contribution in [-0.2, 0) is 26.1 Å². The molecule has 7 nitrogen and oxygen atoms in total. The lowest BCUT2D eigenvalue weighted by Crippen LogP contribution is -2.55. The van der Waals surface area contributed by atoms with E-state index in [1.807, 2.05) is 13.8 Å². The zero-order valence-corrected chi connectivity index (χ0v) is 16.7. The van der Waals surface area contributed by atoms with E-state index in [0.717, 1.165) is 5.56 Å². The fourth-order valence-corrected chi connectivity index (χ4v) is 3.94. The molecule has 2 aromatic rings. The number of ether oxygens (including phenoxy) is 1. The Kier molecular flexibility index (Phi) is 6.02. The number of amides is 1. The Balaban J connectivity index is 1.63. The van der Waals surface area contributed by atoms with Crippen molar-refractivity contribution in [1.82, 2.24) is 9.62 Å². The number of hydrogen-bond donors (Lipinski definition) is 1. The van der Waals surface area contributed by atoms with Crippen molar-refractivity contribution in [2.75, 3.05) is 19.8 Å². The smallest absolute Gasteiger partial charge is 0.247 e. The summed E-state index contributed by atoms with van der Waals surface area (Å²) >= 11 is 0. The Morgan fingerprint density at radius 1 is 1.25 bits per heavy atom. The van der Waals surface area contributed by atoms with Crippen molar-refractivity contribution >= 4 is 22.0 Å². The second-order valence-electron chi connectivity index (χ2n) is 7.16. The molecule has 0 aliphatic carbocycles. The van der Waals surface area contributed by atoms with E-state index in [4.69, 9.17) is 9.15 Å². The normalized spacial score (nSPS) is 17.1. The molecule has 2 heterocycles. The molecule has 0 unspecified atom stereocenters. The van der Waals surface area contributed by atoms with Gasteiger partial charge in [0.05, 0.1) is 36.5 Å². The zero-order chi connectivity index (χ0) is 20.2. The van der Waals surface area contributed by atoms with Gasteiger partial charge in [-0.15, -0.1) is 0 Å². The van der Waals surface area contributed by atoms with Crippen LogP contribution in [0.5, 0.6) is 0 Å². The molecule has 1 aliphatic heterocycles. The number of sulfonamides is 1. The maximum Gasteiger partial charge on any atom is 0.247 e. The summed E-state index contributed by atoms with van der Waals surface area (Å²) in [5.74, 6) is 0.442. The summed E-state index contributed by atoms with van der Waals surface area (Å²) in [4.78, 5) is 14.4. The van der Waals surface area contributed by atoms with E-state index < -0.39 is 10.0 Å². The van der Waals surface area contributed by atoms with E-state index in [0.29, 0.717) is 25.5 Å². The first kappa shape index (κ1) is 20.3. The monoisotopic (exact) mass is 404 g/mol. The first-order chi connectivity index (χ1) is 13.3. The van der Waals surface area contributed by atoms with Crippen LogP contribution in [0.3, 0.4) is 0 Å². The lowest BCUT2D eigenvalue weighted by Gasteiger charge is -2.41. The van der Waals surface area contributed by atoms with Crippen LogP contribution < -0.4 is 4.72 Å². The number of benzene rings is 1. The van der Waals surface area contributed by atoms with Gasteiger partial charge in [-0.1, -0.05) is 12.1 Å². The number of carbonyl (C=O) groups excluding carboxylic acids is 1. The van der Waals surface area contributed by atoms with E-state index in [-0.39, 0.29) is 22.9 Å². The molecule has 1 aromatic carbocycles. The van der Waals surface area contributed by atoms with Gasteiger partial charge < -0.3 is 14.1 Å². The molecule has 0 saturated carbocycles. The van der Waals surface area contributed by atoms with Gasteiger partial charge in [0.25, 0.3) is 0 Å². The maximum atomic E-state index is 12.5. The molecule has 1 N–H and O–H groups in total. The van der Waals surface area contributed by atoms with Gasteiger partial charge in [0, 0.05) is 12.6 Å². The lowest BCUT2D eigenvalue weighted by molar-refractivity contribution is -0.140. The highest BCUT2D eigenvalue weighted by Gasteiger charge is 2.32. The van der Waals surface area contributed by atoms with Gasteiger partial charge in [0.15, 0.2) is 0 Å². The van der Waals surface area contributed by atoms with E-state index in [1.165, 1.54) is 24.5 Å². The molecule has 1 fully saturated rings. The van der Waals surface area contributed by atoms with Crippen LogP contribution in [0.1, 0.15) is 25.2 Å². The predicted molar refractivity (Wildman–Crippen MR) is 105 cm³/mol. The van der Waals surface area contributed by atoms with Crippen LogP contribution in [0, 0.1) is 0 Å². The Labute approximate surface area is 165 Å². The SMILES string of the molecule is CC1(C)COCCN1C(=O)/C=C/c1ccc(S(=O)(=O)NCc2ccco2)cc1. The molecule has 0 radical (unpaired) electrons. The summed E-state index contributed by atoms with van der Waals surface area (Å²) in [6.45, 7) is 5.60. The van der Waals surface area contributed by atoms with E-state index in [1.54, 1.807) is 35.2 Å². The number of morpholine rings is 1. The average molecular weight is 404 g/mol. The van der Waals surface area contributed by atoms with E-state index in [2.05, 4.69) is 4.72 Å². The molecule has 0 spiro atoms. The molecule has 1 saturated heterocycles. The average Bonchev–Trinajstić information content (AvgIpc) is 3.18. The predicted octanol–water partition coefficient (Wildman–Crippen LogP) is 2.41. The largest absolute Gasteiger partial charge is 0.468 e. The second kappa shape index (κ2) is 8.30. The fourth-order valence-electron chi connectivity index (χ4n) is 2.95. The van der Waals surface area contributed by atoms with Crippen molar-refractivity contribution in [2.45, 2.75) is 30.8 Å². The van der Waals surface area contributed by atoms with Crippen molar-refractivity contribution in [1.29, 1.82) is 0 Å². The lowest BCUT2D eigenvalue weighted by atomic mass is 10.0. The van der Waals surface area contributed by atoms with Gasteiger partial charge in [0.1, 0.15) is 5.76 Å². The number of nitrogens with one attached hydrogen (secondary N) is 1. The number of hydrogen-bond acceptors (Lipinski definition) is 5. The Morgan fingerprint density at radius 3 is 2.64 bits per heavy atom. The summed E-state index contributed by atoms with van der Waals surface area (Å²) in [5, 5.41) is 0.